The Hall–Kier alpha value is -0.700. The van der Waals surface area contributed by atoms with Crippen molar-refractivity contribution in [3.8, 4) is 0 Å². The molecule has 1 aliphatic rings. The van der Waals surface area contributed by atoms with Gasteiger partial charge in [-0.2, -0.15) is 17.0 Å². The maximum absolute atomic E-state index is 12.2. The van der Waals surface area contributed by atoms with Crippen LogP contribution in [0, 0.1) is 0 Å². The van der Waals surface area contributed by atoms with E-state index in [-0.39, 0.29) is 12.5 Å². The van der Waals surface area contributed by atoms with E-state index in [1.165, 1.54) is 11.4 Å². The molecule has 1 N–H and O–H groups in total. The minimum atomic E-state index is -3.54. The second-order valence-corrected chi connectivity index (χ2v) is 7.21. The molecule has 20 heavy (non-hydrogen) atoms. The molecule has 118 valence electrons. The standard InChI is InChI=1S/C12H26N4O3S/c1-4-5-8-14(2)20(18,19)15(3)11-12(17)16-9-6-13-7-10-16/h13H,4-11H2,1-3H3. The number of amides is 1. The quantitative estimate of drug-likeness (QED) is 0.677. The Kier molecular flexibility index (Phi) is 6.87. The van der Waals surface area contributed by atoms with Gasteiger partial charge in [-0.1, -0.05) is 13.3 Å². The van der Waals surface area contributed by atoms with Gasteiger partial charge in [0.05, 0.1) is 6.54 Å². The number of hydrogen-bond acceptors (Lipinski definition) is 4. The van der Waals surface area contributed by atoms with Gasteiger partial charge in [0, 0.05) is 46.8 Å². The van der Waals surface area contributed by atoms with Crippen molar-refractivity contribution in [2.24, 2.45) is 0 Å². The molecule has 8 heteroatoms. The average molecular weight is 306 g/mol. The van der Waals surface area contributed by atoms with Gasteiger partial charge in [0.2, 0.25) is 5.91 Å². The minimum Gasteiger partial charge on any atom is -0.339 e. The number of unbranched alkanes of at least 4 members (excludes halogenated alkanes) is 1. The van der Waals surface area contributed by atoms with Crippen molar-refractivity contribution in [1.29, 1.82) is 0 Å². The Bertz CT molecular complexity index is 407. The topological polar surface area (TPSA) is 73.0 Å². The smallest absolute Gasteiger partial charge is 0.281 e. The van der Waals surface area contributed by atoms with Crippen LogP contribution in [-0.2, 0) is 15.0 Å². The molecule has 0 aromatic heterocycles. The molecule has 1 amide bonds. The highest BCUT2D eigenvalue weighted by atomic mass is 32.2. The van der Waals surface area contributed by atoms with Gasteiger partial charge in [-0.05, 0) is 6.42 Å². The number of carbonyl (C=O) groups is 1. The highest BCUT2D eigenvalue weighted by Crippen LogP contribution is 2.06. The molecule has 0 spiro atoms. The van der Waals surface area contributed by atoms with Crippen LogP contribution < -0.4 is 5.32 Å². The summed E-state index contributed by atoms with van der Waals surface area (Å²) < 4.78 is 26.9. The molecule has 0 aromatic carbocycles. The maximum atomic E-state index is 12.2. The fourth-order valence-corrected chi connectivity index (χ4v) is 3.13. The van der Waals surface area contributed by atoms with Crippen LogP contribution >= 0.6 is 0 Å². The Balaban J connectivity index is 2.55. The van der Waals surface area contributed by atoms with E-state index in [4.69, 9.17) is 0 Å². The van der Waals surface area contributed by atoms with Crippen LogP contribution in [0.15, 0.2) is 0 Å². The molecule has 0 unspecified atom stereocenters. The Morgan fingerprint density at radius 1 is 1.20 bits per heavy atom. The monoisotopic (exact) mass is 306 g/mol. The summed E-state index contributed by atoms with van der Waals surface area (Å²) in [4.78, 5) is 13.8. The molecule has 0 aromatic rings. The van der Waals surface area contributed by atoms with Gasteiger partial charge in [0.25, 0.3) is 10.2 Å². The zero-order valence-corrected chi connectivity index (χ0v) is 13.4. The number of carbonyl (C=O) groups excluding carboxylic acids is 1. The highest BCUT2D eigenvalue weighted by Gasteiger charge is 2.27. The molecule has 0 saturated carbocycles. The van der Waals surface area contributed by atoms with Gasteiger partial charge in [0.1, 0.15) is 0 Å². The van der Waals surface area contributed by atoms with E-state index in [9.17, 15) is 13.2 Å². The van der Waals surface area contributed by atoms with Crippen LogP contribution in [0.5, 0.6) is 0 Å². The summed E-state index contributed by atoms with van der Waals surface area (Å²) in [6.45, 7) is 5.19. The molecular formula is C12H26N4O3S. The van der Waals surface area contributed by atoms with Crippen molar-refractivity contribution in [2.45, 2.75) is 19.8 Å². The second kappa shape index (κ2) is 7.92. The van der Waals surface area contributed by atoms with Gasteiger partial charge in [-0.25, -0.2) is 0 Å². The van der Waals surface area contributed by atoms with Crippen LogP contribution in [-0.4, -0.2) is 81.2 Å². The summed E-state index contributed by atoms with van der Waals surface area (Å²) in [5.41, 5.74) is 0. The molecule has 1 aliphatic heterocycles. The minimum absolute atomic E-state index is 0.0984. The lowest BCUT2D eigenvalue weighted by molar-refractivity contribution is -0.131. The fourth-order valence-electron chi connectivity index (χ4n) is 2.02. The van der Waals surface area contributed by atoms with Gasteiger partial charge in [-0.15, -0.1) is 0 Å². The Morgan fingerprint density at radius 3 is 2.35 bits per heavy atom. The molecule has 1 heterocycles. The first-order chi connectivity index (χ1) is 9.39. The zero-order chi connectivity index (χ0) is 15.2. The third-order valence-electron chi connectivity index (χ3n) is 3.44. The first-order valence-electron chi connectivity index (χ1n) is 7.05. The van der Waals surface area contributed by atoms with Gasteiger partial charge < -0.3 is 10.2 Å². The van der Waals surface area contributed by atoms with E-state index in [1.54, 1.807) is 11.9 Å². The van der Waals surface area contributed by atoms with Gasteiger partial charge in [-0.3, -0.25) is 4.79 Å². The molecule has 1 fully saturated rings. The van der Waals surface area contributed by atoms with Crippen molar-refractivity contribution in [3.63, 3.8) is 0 Å². The van der Waals surface area contributed by atoms with E-state index < -0.39 is 10.2 Å². The normalized spacial score (nSPS) is 16.9. The number of likely N-dealkylation sites (N-methyl/N-ethyl adjacent to an activating group) is 1. The zero-order valence-electron chi connectivity index (χ0n) is 12.6. The lowest BCUT2D eigenvalue weighted by atomic mass is 10.3. The van der Waals surface area contributed by atoms with Crippen LogP contribution in [0.3, 0.4) is 0 Å². The van der Waals surface area contributed by atoms with Crippen molar-refractivity contribution in [3.05, 3.63) is 0 Å². The number of piperazine rings is 1. The van der Waals surface area contributed by atoms with Crippen LogP contribution in [0.25, 0.3) is 0 Å². The molecule has 7 nitrogen and oxygen atoms in total. The molecule has 1 saturated heterocycles. The third kappa shape index (κ3) is 4.69. The van der Waals surface area contributed by atoms with E-state index >= 15 is 0 Å². The SMILES string of the molecule is CCCCN(C)S(=O)(=O)N(C)CC(=O)N1CCNCC1. The van der Waals surface area contributed by atoms with Crippen LogP contribution in [0.1, 0.15) is 19.8 Å². The molecule has 0 atom stereocenters. The molecule has 1 rings (SSSR count). The highest BCUT2D eigenvalue weighted by molar-refractivity contribution is 7.86. The van der Waals surface area contributed by atoms with Crippen molar-refractivity contribution >= 4 is 16.1 Å². The van der Waals surface area contributed by atoms with E-state index in [1.807, 2.05) is 6.92 Å². The molecule has 0 bridgehead atoms. The van der Waals surface area contributed by atoms with E-state index in [0.29, 0.717) is 19.6 Å². The summed E-state index contributed by atoms with van der Waals surface area (Å²) in [5.74, 6) is -0.138. The maximum Gasteiger partial charge on any atom is 0.281 e. The average Bonchev–Trinajstić information content (AvgIpc) is 2.45. The number of hydrogen-bond donors (Lipinski definition) is 1. The van der Waals surface area contributed by atoms with Gasteiger partial charge >= 0.3 is 0 Å². The van der Waals surface area contributed by atoms with Crippen molar-refractivity contribution in [1.82, 2.24) is 18.8 Å². The largest absolute Gasteiger partial charge is 0.339 e. The van der Waals surface area contributed by atoms with E-state index in [2.05, 4.69) is 5.32 Å². The lowest BCUT2D eigenvalue weighted by Crippen LogP contribution is -2.51. The number of nitrogens with zero attached hydrogens (tertiary/aromatic N) is 3. The Labute approximate surface area is 122 Å². The van der Waals surface area contributed by atoms with Gasteiger partial charge in [0.15, 0.2) is 0 Å². The predicted molar refractivity (Wildman–Crippen MR) is 78.5 cm³/mol. The number of rotatable bonds is 7. The third-order valence-corrected chi connectivity index (χ3v) is 5.33. The summed E-state index contributed by atoms with van der Waals surface area (Å²) in [6.07, 6.45) is 1.75. The summed E-state index contributed by atoms with van der Waals surface area (Å²) in [6, 6.07) is 0. The molecular weight excluding hydrogens is 280 g/mol. The van der Waals surface area contributed by atoms with Crippen molar-refractivity contribution < 1.29 is 13.2 Å². The first kappa shape index (κ1) is 17.4. The molecule has 0 aliphatic carbocycles. The fraction of sp³-hybridized carbons (Fsp3) is 0.917. The van der Waals surface area contributed by atoms with Crippen LogP contribution in [0.2, 0.25) is 0 Å². The molecule has 0 radical (unpaired) electrons. The van der Waals surface area contributed by atoms with Crippen LogP contribution in [0.4, 0.5) is 0 Å². The van der Waals surface area contributed by atoms with E-state index in [0.717, 1.165) is 30.2 Å². The summed E-state index contributed by atoms with van der Waals surface area (Å²) in [5, 5.41) is 3.16. The summed E-state index contributed by atoms with van der Waals surface area (Å²) in [7, 11) is -0.533. The first-order valence-corrected chi connectivity index (χ1v) is 8.45. The number of nitrogens with one attached hydrogen (secondary N) is 1. The lowest BCUT2D eigenvalue weighted by Gasteiger charge is -2.30. The second-order valence-electron chi connectivity index (χ2n) is 5.07. The van der Waals surface area contributed by atoms with Crippen molar-refractivity contribution in [2.75, 3.05) is 53.4 Å². The Morgan fingerprint density at radius 2 is 1.80 bits per heavy atom. The summed E-state index contributed by atoms with van der Waals surface area (Å²) >= 11 is 0. The predicted octanol–water partition coefficient (Wildman–Crippen LogP) is -0.673.